The van der Waals surface area contributed by atoms with Crippen LogP contribution in [0, 0.1) is 13.8 Å². The average Bonchev–Trinajstić information content (AvgIpc) is 1.70. The van der Waals surface area contributed by atoms with Crippen molar-refractivity contribution in [1.82, 2.24) is 0 Å². The van der Waals surface area contributed by atoms with Crippen LogP contribution in [0.5, 0.6) is 11.5 Å². The number of aryl methyl sites for hydroxylation is 2. The van der Waals surface area contributed by atoms with Crippen molar-refractivity contribution in [3.63, 3.8) is 0 Å². The van der Waals surface area contributed by atoms with E-state index in [9.17, 15) is 22.9 Å². The quantitative estimate of drug-likeness (QED) is 0.129. The third-order valence-corrected chi connectivity index (χ3v) is 23.8. The number of benzene rings is 9. The van der Waals surface area contributed by atoms with Crippen LogP contribution >= 0.6 is 0 Å². The number of methoxy groups -OCH3 is 1. The van der Waals surface area contributed by atoms with Crippen molar-refractivity contribution in [2.24, 2.45) is 34.9 Å². The van der Waals surface area contributed by atoms with Crippen molar-refractivity contribution in [2.45, 2.75) is 202 Å². The second-order valence-corrected chi connectivity index (χ2v) is 33.2. The van der Waals surface area contributed by atoms with E-state index in [4.69, 9.17) is 9.84 Å². The van der Waals surface area contributed by atoms with E-state index in [2.05, 4.69) is 245 Å². The molecule has 9 aromatic carbocycles. The summed E-state index contributed by atoms with van der Waals surface area (Å²) in [6.45, 7) is 48.6. The maximum atomic E-state index is 11.4. The van der Waals surface area contributed by atoms with Gasteiger partial charge in [0.15, 0.2) is 0 Å². The number of para-hydroxylation sites is 1. The van der Waals surface area contributed by atoms with Crippen LogP contribution in [0.15, 0.2) is 198 Å². The zero-order valence-corrected chi connectivity index (χ0v) is 69.9. The molecule has 9 aromatic rings. The molecular formula is C89H100KN7O7S. The molecule has 7 heterocycles. The van der Waals surface area contributed by atoms with E-state index >= 15 is 0 Å². The molecule has 0 aliphatic carbocycles. The number of carbonyl (C=O) groups is 1. The van der Waals surface area contributed by atoms with Crippen molar-refractivity contribution >= 4 is 117 Å². The fourth-order valence-corrected chi connectivity index (χ4v) is 14.6. The molecule has 0 bridgehead atoms. The van der Waals surface area contributed by atoms with Crippen molar-refractivity contribution in [3.05, 3.63) is 213 Å². The van der Waals surface area contributed by atoms with Gasteiger partial charge in [0, 0.05) is 77.9 Å². The molecule has 2 N–H and O–H groups in total. The number of hydrogen-bond donors (Lipinski definition) is 2. The fraction of sp³-hybridized carbons (Fsp3) is 0.348. The molecule has 0 aromatic heterocycles. The number of phenols is 1. The number of aromatic hydroxyl groups is 1. The Balaban J connectivity index is 0.000000143. The summed E-state index contributed by atoms with van der Waals surface area (Å²) < 4.78 is 39.3. The Morgan fingerprint density at radius 1 is 0.381 bits per heavy atom. The van der Waals surface area contributed by atoms with E-state index in [-0.39, 0.29) is 94.2 Å². The number of aliphatic imine (C=N–C) groups is 7. The van der Waals surface area contributed by atoms with E-state index in [0.717, 1.165) is 95.7 Å². The van der Waals surface area contributed by atoms with Crippen molar-refractivity contribution in [2.75, 3.05) is 7.11 Å². The summed E-state index contributed by atoms with van der Waals surface area (Å²) in [4.78, 5) is 42.4. The normalized spacial score (nSPS) is 17.5. The maximum Gasteiger partial charge on any atom is 1.00 e. The molecule has 0 atom stereocenters. The van der Waals surface area contributed by atoms with E-state index in [1.807, 2.05) is 64.1 Å². The summed E-state index contributed by atoms with van der Waals surface area (Å²) >= 11 is 0. The average molecular weight is 1450 g/mol. The van der Waals surface area contributed by atoms with Gasteiger partial charge in [0.25, 0.3) is 0 Å². The molecule has 16 rings (SSSR count). The van der Waals surface area contributed by atoms with Crippen molar-refractivity contribution in [3.8, 4) is 11.5 Å². The van der Waals surface area contributed by atoms with Crippen LogP contribution in [-0.2, 0) is 48.0 Å². The van der Waals surface area contributed by atoms with E-state index < -0.39 is 16.1 Å². The first-order valence-corrected chi connectivity index (χ1v) is 36.8. The zero-order valence-electron chi connectivity index (χ0n) is 66.0. The minimum atomic E-state index is -4.47. The summed E-state index contributed by atoms with van der Waals surface area (Å²) in [5.74, 6) is 0.330. The first-order valence-electron chi connectivity index (χ1n) is 35.4. The van der Waals surface area contributed by atoms with Crippen LogP contribution < -0.4 is 56.1 Å². The standard InChI is InChI=1S/C16H17NO3S.C15H15N.C12H13NO2.C12H15NO.C12H15N.C11H13NO.C11H13N.K/c1-9-7-11(21(18,19)20)8-13-12(9)5-6-14-15(13)16(3,4)10(2)17-14;1-10-15(2,3)14-12-7-5-4-6-11(12)8-9-13(14)16-10;1-7-12(2,3)9-6-8(11(14)15)4-5-10(9)13-7;1-8-12(2,3)10-7-9(14-4)5-6-11(10)13-8;1-8-5-6-11-10(7-8)12(3,4)9(2)13-11;1-7-11(2,3)9-6-8(13)4-5-10(9)12-7;1-8-11(2,3)9-6-4-5-7-10(9)12-8;/h5-8H,1-4H3,(H,18,19,20);4-9H,1-3H3;4-6H,1-3H3,(H,14,15);5-7H,1-4H3;5-7H,1-4H3;4-6,13H,1-3H3;4-7H,1-3H3;/q;;;;;;;+1/p-1. The Kier molecular flexibility index (Phi) is 23.0. The number of fused-ring (bicyclic) bond motifs is 11. The number of carboxylic acids is 1. The largest absolute Gasteiger partial charge is 1.00 e. The van der Waals surface area contributed by atoms with E-state index in [1.54, 1.807) is 37.4 Å². The van der Waals surface area contributed by atoms with Crippen molar-refractivity contribution in [1.29, 1.82) is 0 Å². The topological polar surface area (TPSA) is 210 Å². The van der Waals surface area contributed by atoms with Gasteiger partial charge in [-0.1, -0.05) is 169 Å². The van der Waals surface area contributed by atoms with Crippen LogP contribution in [-0.4, -0.2) is 76.2 Å². The summed E-state index contributed by atoms with van der Waals surface area (Å²) in [6.07, 6.45) is 0. The van der Waals surface area contributed by atoms with Gasteiger partial charge >= 0.3 is 57.4 Å². The Morgan fingerprint density at radius 2 is 0.762 bits per heavy atom. The molecule has 0 saturated carbocycles. The molecule has 540 valence electrons. The van der Waals surface area contributed by atoms with Crippen LogP contribution in [0.2, 0.25) is 0 Å². The molecule has 105 heavy (non-hydrogen) atoms. The maximum absolute atomic E-state index is 11.4. The Bertz CT molecular complexity index is 5270. The van der Waals surface area contributed by atoms with Gasteiger partial charge in [-0.05, 0) is 219 Å². The van der Waals surface area contributed by atoms with Gasteiger partial charge in [-0.25, -0.2) is 13.2 Å². The minimum Gasteiger partial charge on any atom is -0.744 e. The van der Waals surface area contributed by atoms with E-state index in [1.165, 1.54) is 73.6 Å². The van der Waals surface area contributed by atoms with Gasteiger partial charge in [-0.3, -0.25) is 34.9 Å². The molecule has 16 heteroatoms. The Hall–Kier alpha value is -8.19. The van der Waals surface area contributed by atoms with Crippen LogP contribution in [0.3, 0.4) is 0 Å². The first kappa shape index (κ1) is 80.9. The summed E-state index contributed by atoms with van der Waals surface area (Å²) in [5.41, 5.74) is 26.0. The minimum absolute atomic E-state index is 0. The van der Waals surface area contributed by atoms with Crippen LogP contribution in [0.1, 0.15) is 206 Å². The number of hydrogen-bond acceptors (Lipinski definition) is 13. The van der Waals surface area contributed by atoms with Crippen molar-refractivity contribution < 1.29 is 84.1 Å². The summed E-state index contributed by atoms with van der Waals surface area (Å²) in [5, 5.41) is 22.7. The van der Waals surface area contributed by atoms with Gasteiger partial charge in [0.2, 0.25) is 0 Å². The molecule has 0 radical (unpaired) electrons. The predicted octanol–water partition coefficient (Wildman–Crippen LogP) is 19.7. The Morgan fingerprint density at radius 3 is 1.26 bits per heavy atom. The third-order valence-electron chi connectivity index (χ3n) is 22.9. The number of phenolic OH excluding ortho intramolecular Hbond substituents is 1. The Labute approximate surface area is 664 Å². The fourth-order valence-electron chi connectivity index (χ4n) is 14.0. The van der Waals surface area contributed by atoms with Gasteiger partial charge < -0.3 is 19.5 Å². The molecule has 0 fully saturated rings. The molecule has 7 aliphatic heterocycles. The molecule has 14 nitrogen and oxygen atoms in total. The molecule has 0 unspecified atom stereocenters. The number of ether oxygens (including phenoxy) is 1. The summed E-state index contributed by atoms with van der Waals surface area (Å²) in [6, 6.07) is 51.0. The molecular weight excluding hydrogens is 1350 g/mol. The third kappa shape index (κ3) is 15.7. The molecule has 7 aliphatic rings. The van der Waals surface area contributed by atoms with Crippen LogP contribution in [0.4, 0.5) is 39.8 Å². The molecule has 0 saturated heterocycles. The number of nitrogens with zero attached hydrogens (tertiary/aromatic N) is 7. The SMILES string of the molecule is CC1=Nc2ccc(C(=O)O)cc2C1(C)C.CC1=Nc2ccc(C)cc2C1(C)C.CC1=Nc2ccc(O)cc2C1(C)C.CC1=Nc2ccc3c(C)cc(S(=O)(=O)[O-])cc3c2C1(C)C.CC1=Nc2ccc3ccccc3c2C1(C)C.CC1=Nc2ccccc2C1(C)C.COc1ccc2c(c1)C(C)(C)C(C)=N2.[K+]. The van der Waals surface area contributed by atoms with Gasteiger partial charge in [0.1, 0.15) is 21.6 Å². The number of rotatable bonds is 3. The monoisotopic (exact) mass is 1450 g/mol. The molecule has 0 amide bonds. The second-order valence-electron chi connectivity index (χ2n) is 31.8. The molecule has 0 spiro atoms. The first-order chi connectivity index (χ1) is 48.4. The van der Waals surface area contributed by atoms with Gasteiger partial charge in [-0.15, -0.1) is 0 Å². The van der Waals surface area contributed by atoms with Gasteiger partial charge in [0.05, 0.1) is 57.4 Å². The summed E-state index contributed by atoms with van der Waals surface area (Å²) in [7, 11) is -2.78. The van der Waals surface area contributed by atoms with E-state index in [0.29, 0.717) is 11.3 Å². The number of carboxylic acid groups (broad SMARTS) is 1. The smallest absolute Gasteiger partial charge is 0.744 e. The predicted molar refractivity (Wildman–Crippen MR) is 433 cm³/mol. The van der Waals surface area contributed by atoms with Crippen LogP contribution in [0.25, 0.3) is 21.5 Å². The second kappa shape index (κ2) is 29.9. The zero-order chi connectivity index (χ0) is 76.5. The number of aromatic carboxylic acids is 1. The van der Waals surface area contributed by atoms with Gasteiger partial charge in [-0.2, -0.15) is 0 Å².